The Labute approximate surface area is 124 Å². The summed E-state index contributed by atoms with van der Waals surface area (Å²) in [6.45, 7) is 2.04. The van der Waals surface area contributed by atoms with E-state index in [0.717, 1.165) is 21.9 Å². The van der Waals surface area contributed by atoms with E-state index in [2.05, 4.69) is 0 Å². The van der Waals surface area contributed by atoms with Gasteiger partial charge in [0.2, 0.25) is 0 Å². The molecule has 0 saturated heterocycles. The zero-order valence-corrected chi connectivity index (χ0v) is 12.2. The van der Waals surface area contributed by atoms with Gasteiger partial charge in [0.15, 0.2) is 0 Å². The van der Waals surface area contributed by atoms with Crippen LogP contribution in [0.25, 0.3) is 10.8 Å². The van der Waals surface area contributed by atoms with Gasteiger partial charge in [0.25, 0.3) is 0 Å². The number of hydrogen-bond donors (Lipinski definition) is 1. The van der Waals surface area contributed by atoms with E-state index in [1.807, 2.05) is 67.6 Å². The SMILES string of the molecule is COc1ccc2ccccc2c1C(O)c1ccc(C)cc1. The van der Waals surface area contributed by atoms with Gasteiger partial charge in [-0.05, 0) is 29.3 Å². The van der Waals surface area contributed by atoms with E-state index < -0.39 is 6.10 Å². The molecule has 0 aromatic heterocycles. The lowest BCUT2D eigenvalue weighted by atomic mass is 9.94. The number of rotatable bonds is 3. The molecule has 3 aromatic carbocycles. The standard InChI is InChI=1S/C19H18O2/c1-13-7-9-15(10-8-13)19(20)18-16-6-4-3-5-14(16)11-12-17(18)21-2/h3-12,19-20H,1-2H3. The summed E-state index contributed by atoms with van der Waals surface area (Å²) >= 11 is 0. The van der Waals surface area contributed by atoms with Gasteiger partial charge in [-0.25, -0.2) is 0 Å². The minimum absolute atomic E-state index is 0.702. The Morgan fingerprint density at radius 3 is 2.33 bits per heavy atom. The molecule has 1 unspecified atom stereocenters. The number of aliphatic hydroxyl groups excluding tert-OH is 1. The summed E-state index contributed by atoms with van der Waals surface area (Å²) in [6, 6.07) is 19.9. The number of methoxy groups -OCH3 is 1. The molecule has 0 spiro atoms. The molecule has 0 saturated carbocycles. The molecule has 2 nitrogen and oxygen atoms in total. The maximum Gasteiger partial charge on any atom is 0.125 e. The first-order valence-corrected chi connectivity index (χ1v) is 7.01. The third-order valence-electron chi connectivity index (χ3n) is 3.82. The van der Waals surface area contributed by atoms with E-state index in [1.54, 1.807) is 7.11 Å². The third-order valence-corrected chi connectivity index (χ3v) is 3.82. The van der Waals surface area contributed by atoms with Crippen LogP contribution in [0.15, 0.2) is 60.7 Å². The fraction of sp³-hybridized carbons (Fsp3) is 0.158. The summed E-state index contributed by atoms with van der Waals surface area (Å²) in [5, 5.41) is 12.9. The second kappa shape index (κ2) is 5.58. The minimum Gasteiger partial charge on any atom is -0.496 e. The van der Waals surface area contributed by atoms with Gasteiger partial charge in [0, 0.05) is 5.56 Å². The second-order valence-corrected chi connectivity index (χ2v) is 5.22. The summed E-state index contributed by atoms with van der Waals surface area (Å²) < 4.78 is 5.46. The number of hydrogen-bond acceptors (Lipinski definition) is 2. The largest absolute Gasteiger partial charge is 0.496 e. The first-order valence-electron chi connectivity index (χ1n) is 7.01. The van der Waals surface area contributed by atoms with E-state index in [9.17, 15) is 5.11 Å². The smallest absolute Gasteiger partial charge is 0.125 e. The fourth-order valence-electron chi connectivity index (χ4n) is 2.65. The quantitative estimate of drug-likeness (QED) is 0.776. The topological polar surface area (TPSA) is 29.5 Å². The first kappa shape index (κ1) is 13.7. The maximum absolute atomic E-state index is 10.8. The first-order chi connectivity index (χ1) is 10.2. The molecule has 0 bridgehead atoms. The summed E-state index contributed by atoms with van der Waals surface area (Å²) in [7, 11) is 1.63. The van der Waals surface area contributed by atoms with Crippen molar-refractivity contribution in [3.63, 3.8) is 0 Å². The highest BCUT2D eigenvalue weighted by Gasteiger charge is 2.18. The molecule has 1 atom stereocenters. The highest BCUT2D eigenvalue weighted by Crippen LogP contribution is 2.36. The number of aryl methyl sites for hydroxylation is 1. The van der Waals surface area contributed by atoms with Gasteiger partial charge in [-0.2, -0.15) is 0 Å². The predicted octanol–water partition coefficient (Wildman–Crippen LogP) is 4.24. The van der Waals surface area contributed by atoms with Gasteiger partial charge in [-0.3, -0.25) is 0 Å². The molecule has 0 aliphatic carbocycles. The Bertz CT molecular complexity index is 760. The van der Waals surface area contributed by atoms with Crippen molar-refractivity contribution in [1.29, 1.82) is 0 Å². The number of aliphatic hydroxyl groups is 1. The molecule has 0 aliphatic rings. The molecule has 2 heteroatoms. The van der Waals surface area contributed by atoms with Crippen LogP contribution in [-0.2, 0) is 0 Å². The normalized spacial score (nSPS) is 12.3. The van der Waals surface area contributed by atoms with E-state index in [0.29, 0.717) is 5.75 Å². The molecule has 21 heavy (non-hydrogen) atoms. The van der Waals surface area contributed by atoms with Gasteiger partial charge in [-0.15, -0.1) is 0 Å². The zero-order valence-electron chi connectivity index (χ0n) is 12.2. The molecule has 0 fully saturated rings. The molecule has 0 heterocycles. The van der Waals surface area contributed by atoms with Crippen LogP contribution in [0.2, 0.25) is 0 Å². The molecular formula is C19H18O2. The van der Waals surface area contributed by atoms with Crippen molar-refractivity contribution < 1.29 is 9.84 Å². The van der Waals surface area contributed by atoms with Crippen molar-refractivity contribution in [2.75, 3.05) is 7.11 Å². The zero-order chi connectivity index (χ0) is 14.8. The lowest BCUT2D eigenvalue weighted by Gasteiger charge is -2.18. The molecule has 3 rings (SSSR count). The van der Waals surface area contributed by atoms with E-state index in [4.69, 9.17) is 4.74 Å². The van der Waals surface area contributed by atoms with Crippen molar-refractivity contribution in [2.45, 2.75) is 13.0 Å². The third kappa shape index (κ3) is 2.50. The van der Waals surface area contributed by atoms with Crippen LogP contribution < -0.4 is 4.74 Å². The summed E-state index contributed by atoms with van der Waals surface area (Å²) in [5.41, 5.74) is 2.87. The summed E-state index contributed by atoms with van der Waals surface area (Å²) in [5.74, 6) is 0.710. The molecule has 106 valence electrons. The molecule has 1 N–H and O–H groups in total. The fourth-order valence-corrected chi connectivity index (χ4v) is 2.65. The minimum atomic E-state index is -0.702. The average Bonchev–Trinajstić information content (AvgIpc) is 2.53. The maximum atomic E-state index is 10.8. The van der Waals surface area contributed by atoms with Crippen molar-refractivity contribution in [2.24, 2.45) is 0 Å². The lowest BCUT2D eigenvalue weighted by molar-refractivity contribution is 0.216. The summed E-state index contributed by atoms with van der Waals surface area (Å²) in [6.07, 6.45) is -0.702. The van der Waals surface area contributed by atoms with Crippen molar-refractivity contribution >= 4 is 10.8 Å². The van der Waals surface area contributed by atoms with Gasteiger partial charge in [-0.1, -0.05) is 60.2 Å². The Morgan fingerprint density at radius 2 is 1.62 bits per heavy atom. The molecule has 0 amide bonds. The van der Waals surface area contributed by atoms with Crippen LogP contribution in [0.4, 0.5) is 0 Å². The van der Waals surface area contributed by atoms with Gasteiger partial charge in [0.05, 0.1) is 7.11 Å². The van der Waals surface area contributed by atoms with Crippen molar-refractivity contribution in [3.05, 3.63) is 77.4 Å². The van der Waals surface area contributed by atoms with Gasteiger partial charge >= 0.3 is 0 Å². The Hall–Kier alpha value is -2.32. The van der Waals surface area contributed by atoms with Crippen LogP contribution in [0.3, 0.4) is 0 Å². The predicted molar refractivity (Wildman–Crippen MR) is 85.7 cm³/mol. The molecule has 0 aliphatic heterocycles. The summed E-state index contributed by atoms with van der Waals surface area (Å²) in [4.78, 5) is 0. The van der Waals surface area contributed by atoms with E-state index in [1.165, 1.54) is 5.56 Å². The van der Waals surface area contributed by atoms with Crippen LogP contribution in [0, 0.1) is 6.92 Å². The Morgan fingerprint density at radius 1 is 0.905 bits per heavy atom. The second-order valence-electron chi connectivity index (χ2n) is 5.22. The van der Waals surface area contributed by atoms with Crippen LogP contribution in [0.5, 0.6) is 5.75 Å². The lowest BCUT2D eigenvalue weighted by Crippen LogP contribution is -2.03. The molecule has 3 aromatic rings. The van der Waals surface area contributed by atoms with Crippen LogP contribution in [0.1, 0.15) is 22.8 Å². The van der Waals surface area contributed by atoms with Crippen LogP contribution in [-0.4, -0.2) is 12.2 Å². The average molecular weight is 278 g/mol. The number of benzene rings is 3. The van der Waals surface area contributed by atoms with E-state index in [-0.39, 0.29) is 0 Å². The van der Waals surface area contributed by atoms with Crippen molar-refractivity contribution in [3.8, 4) is 5.75 Å². The Balaban J connectivity index is 2.19. The van der Waals surface area contributed by atoms with E-state index >= 15 is 0 Å². The van der Waals surface area contributed by atoms with Gasteiger partial charge < -0.3 is 9.84 Å². The molecule has 0 radical (unpaired) electrons. The highest BCUT2D eigenvalue weighted by atomic mass is 16.5. The van der Waals surface area contributed by atoms with Crippen molar-refractivity contribution in [1.82, 2.24) is 0 Å². The molecular weight excluding hydrogens is 260 g/mol. The number of ether oxygens (including phenoxy) is 1. The monoisotopic (exact) mass is 278 g/mol. The number of fused-ring (bicyclic) bond motifs is 1. The van der Waals surface area contributed by atoms with Crippen LogP contribution >= 0.6 is 0 Å². The highest BCUT2D eigenvalue weighted by molar-refractivity contribution is 5.88. The Kier molecular flexibility index (Phi) is 3.63. The van der Waals surface area contributed by atoms with Gasteiger partial charge in [0.1, 0.15) is 11.9 Å².